The maximum absolute atomic E-state index is 13.1. The van der Waals surface area contributed by atoms with Crippen molar-refractivity contribution in [3.63, 3.8) is 0 Å². The fourth-order valence-corrected chi connectivity index (χ4v) is 4.39. The Balaban J connectivity index is 1.26. The molecule has 2 aromatic carbocycles. The van der Waals surface area contributed by atoms with Crippen LogP contribution in [0.5, 0.6) is 0 Å². The standard InChI is InChI=1S/C26H32FN5O2/c1-18-15-23-24(16-19(18)2)32(26(34)20(3)29-23)17-25(33)28-9-4-10-30-11-13-31(14-12-30)22-7-5-21(27)6-8-22/h5-8,15-16H,4,9-14,17H2,1-3H3,(H,28,33). The Kier molecular flexibility index (Phi) is 7.26. The van der Waals surface area contributed by atoms with Gasteiger partial charge in [-0.1, -0.05) is 0 Å². The summed E-state index contributed by atoms with van der Waals surface area (Å²) < 4.78 is 14.7. The number of anilines is 1. The fraction of sp³-hybridized carbons (Fsp3) is 0.423. The van der Waals surface area contributed by atoms with E-state index in [0.29, 0.717) is 17.8 Å². The predicted octanol–water partition coefficient (Wildman–Crippen LogP) is 2.79. The van der Waals surface area contributed by atoms with Crippen molar-refractivity contribution in [2.24, 2.45) is 0 Å². The number of aromatic nitrogens is 2. The van der Waals surface area contributed by atoms with Gasteiger partial charge in [0.2, 0.25) is 5.91 Å². The van der Waals surface area contributed by atoms with Gasteiger partial charge < -0.3 is 10.2 Å². The van der Waals surface area contributed by atoms with Crippen molar-refractivity contribution >= 4 is 22.6 Å². The number of carbonyl (C=O) groups is 1. The van der Waals surface area contributed by atoms with Crippen molar-refractivity contribution in [2.45, 2.75) is 33.7 Å². The molecule has 1 N–H and O–H groups in total. The Hall–Kier alpha value is -3.26. The lowest BCUT2D eigenvalue weighted by Crippen LogP contribution is -2.47. The van der Waals surface area contributed by atoms with E-state index in [9.17, 15) is 14.0 Å². The van der Waals surface area contributed by atoms with E-state index in [-0.39, 0.29) is 23.8 Å². The normalized spacial score (nSPS) is 14.5. The number of nitrogens with one attached hydrogen (secondary N) is 1. The number of fused-ring (bicyclic) bond motifs is 1. The molecule has 1 saturated heterocycles. The number of piperazine rings is 1. The van der Waals surface area contributed by atoms with Crippen LogP contribution in [0.15, 0.2) is 41.2 Å². The third-order valence-corrected chi connectivity index (χ3v) is 6.56. The summed E-state index contributed by atoms with van der Waals surface area (Å²) in [6, 6.07) is 10.5. The third kappa shape index (κ3) is 5.44. The van der Waals surface area contributed by atoms with Crippen molar-refractivity contribution < 1.29 is 9.18 Å². The molecule has 0 radical (unpaired) electrons. The Bertz CT molecular complexity index is 1230. The van der Waals surface area contributed by atoms with E-state index in [1.807, 2.05) is 38.1 Å². The zero-order valence-electron chi connectivity index (χ0n) is 20.1. The second kappa shape index (κ2) is 10.3. The summed E-state index contributed by atoms with van der Waals surface area (Å²) in [5.74, 6) is -0.389. The highest BCUT2D eigenvalue weighted by Crippen LogP contribution is 2.18. The Morgan fingerprint density at radius 2 is 1.71 bits per heavy atom. The molecule has 3 aromatic rings. The molecule has 4 rings (SSSR count). The molecule has 1 amide bonds. The first-order valence-electron chi connectivity index (χ1n) is 11.8. The molecule has 1 fully saturated rings. The minimum Gasteiger partial charge on any atom is -0.369 e. The first kappa shape index (κ1) is 23.9. The van der Waals surface area contributed by atoms with E-state index < -0.39 is 0 Å². The van der Waals surface area contributed by atoms with Gasteiger partial charge in [0.05, 0.1) is 11.0 Å². The molecular formula is C26H32FN5O2. The van der Waals surface area contributed by atoms with E-state index in [1.165, 1.54) is 16.7 Å². The van der Waals surface area contributed by atoms with Crippen molar-refractivity contribution in [1.82, 2.24) is 19.8 Å². The van der Waals surface area contributed by atoms with E-state index in [2.05, 4.69) is 20.1 Å². The quantitative estimate of drug-likeness (QED) is 0.544. The summed E-state index contributed by atoms with van der Waals surface area (Å²) in [6.07, 6.45) is 0.839. The van der Waals surface area contributed by atoms with Crippen LogP contribution in [0.1, 0.15) is 23.2 Å². The minimum absolute atomic E-state index is 0.0163. The molecule has 2 heterocycles. The molecule has 0 saturated carbocycles. The van der Waals surface area contributed by atoms with E-state index in [1.54, 1.807) is 6.92 Å². The van der Waals surface area contributed by atoms with Crippen LogP contribution in [0.3, 0.4) is 0 Å². The molecule has 0 atom stereocenters. The van der Waals surface area contributed by atoms with Crippen molar-refractivity contribution in [3.05, 3.63) is 69.4 Å². The lowest BCUT2D eigenvalue weighted by molar-refractivity contribution is -0.121. The van der Waals surface area contributed by atoms with Gasteiger partial charge in [0.25, 0.3) is 5.56 Å². The molecule has 7 nitrogen and oxygen atoms in total. The molecule has 180 valence electrons. The van der Waals surface area contributed by atoms with Crippen molar-refractivity contribution in [3.8, 4) is 0 Å². The van der Waals surface area contributed by atoms with Gasteiger partial charge in [-0.05, 0) is 81.3 Å². The van der Waals surface area contributed by atoms with Crippen LogP contribution in [0.25, 0.3) is 11.0 Å². The zero-order valence-corrected chi connectivity index (χ0v) is 20.1. The Morgan fingerprint density at radius 3 is 2.41 bits per heavy atom. The summed E-state index contributed by atoms with van der Waals surface area (Å²) in [5.41, 5.74) is 4.79. The van der Waals surface area contributed by atoms with Gasteiger partial charge in [0.15, 0.2) is 0 Å². The topological polar surface area (TPSA) is 70.5 Å². The monoisotopic (exact) mass is 465 g/mol. The number of carbonyl (C=O) groups excluding carboxylic acids is 1. The second-order valence-electron chi connectivity index (χ2n) is 9.02. The number of amides is 1. The molecular weight excluding hydrogens is 433 g/mol. The minimum atomic E-state index is -0.232. The molecule has 0 bridgehead atoms. The first-order chi connectivity index (χ1) is 16.3. The first-order valence-corrected chi connectivity index (χ1v) is 11.8. The van der Waals surface area contributed by atoms with E-state index >= 15 is 0 Å². The molecule has 0 aliphatic carbocycles. The number of rotatable bonds is 7. The smallest absolute Gasteiger partial charge is 0.272 e. The lowest BCUT2D eigenvalue weighted by Gasteiger charge is -2.36. The number of hydrogen-bond acceptors (Lipinski definition) is 5. The highest BCUT2D eigenvalue weighted by molar-refractivity contribution is 5.81. The lowest BCUT2D eigenvalue weighted by atomic mass is 10.1. The highest BCUT2D eigenvalue weighted by atomic mass is 19.1. The number of halogens is 1. The van der Waals surface area contributed by atoms with Gasteiger partial charge >= 0.3 is 0 Å². The summed E-state index contributed by atoms with van der Waals surface area (Å²) >= 11 is 0. The van der Waals surface area contributed by atoms with Crippen LogP contribution in [-0.4, -0.2) is 59.6 Å². The van der Waals surface area contributed by atoms with Crippen LogP contribution in [0.2, 0.25) is 0 Å². The highest BCUT2D eigenvalue weighted by Gasteiger charge is 2.17. The molecule has 1 aliphatic rings. The van der Waals surface area contributed by atoms with Crippen LogP contribution in [0, 0.1) is 26.6 Å². The maximum Gasteiger partial charge on any atom is 0.272 e. The molecule has 1 aliphatic heterocycles. The number of hydrogen-bond donors (Lipinski definition) is 1. The average Bonchev–Trinajstić information content (AvgIpc) is 2.82. The molecule has 1 aromatic heterocycles. The number of benzene rings is 2. The van der Waals surface area contributed by atoms with Gasteiger partial charge in [0, 0.05) is 38.4 Å². The largest absolute Gasteiger partial charge is 0.369 e. The average molecular weight is 466 g/mol. The van der Waals surface area contributed by atoms with Gasteiger partial charge in [-0.2, -0.15) is 0 Å². The number of aryl methyl sites for hydroxylation is 3. The van der Waals surface area contributed by atoms with Gasteiger partial charge in [-0.15, -0.1) is 0 Å². The molecule has 0 unspecified atom stereocenters. The summed E-state index contributed by atoms with van der Waals surface area (Å²) in [4.78, 5) is 34.3. The van der Waals surface area contributed by atoms with E-state index in [0.717, 1.165) is 61.5 Å². The van der Waals surface area contributed by atoms with Gasteiger partial charge in [-0.25, -0.2) is 9.37 Å². The fourth-order valence-electron chi connectivity index (χ4n) is 4.39. The van der Waals surface area contributed by atoms with Crippen LogP contribution in [0.4, 0.5) is 10.1 Å². The third-order valence-electron chi connectivity index (χ3n) is 6.56. The summed E-state index contributed by atoms with van der Waals surface area (Å²) in [6.45, 7) is 10.8. The summed E-state index contributed by atoms with van der Waals surface area (Å²) in [7, 11) is 0. The van der Waals surface area contributed by atoms with Crippen LogP contribution >= 0.6 is 0 Å². The van der Waals surface area contributed by atoms with E-state index in [4.69, 9.17) is 0 Å². The van der Waals surface area contributed by atoms with Crippen molar-refractivity contribution in [2.75, 3.05) is 44.2 Å². The van der Waals surface area contributed by atoms with Crippen LogP contribution < -0.4 is 15.8 Å². The maximum atomic E-state index is 13.1. The predicted molar refractivity (Wildman–Crippen MR) is 133 cm³/mol. The van der Waals surface area contributed by atoms with Gasteiger partial charge in [-0.3, -0.25) is 19.1 Å². The second-order valence-corrected chi connectivity index (χ2v) is 9.02. The molecule has 0 spiro atoms. The van der Waals surface area contributed by atoms with Crippen LogP contribution in [-0.2, 0) is 11.3 Å². The molecule has 8 heteroatoms. The zero-order chi connectivity index (χ0) is 24.2. The van der Waals surface area contributed by atoms with Crippen molar-refractivity contribution in [1.29, 1.82) is 0 Å². The summed E-state index contributed by atoms with van der Waals surface area (Å²) in [5, 5.41) is 2.96. The molecule has 34 heavy (non-hydrogen) atoms. The Morgan fingerprint density at radius 1 is 1.03 bits per heavy atom. The number of nitrogens with zero attached hydrogens (tertiary/aromatic N) is 4. The van der Waals surface area contributed by atoms with Gasteiger partial charge in [0.1, 0.15) is 18.1 Å². The SMILES string of the molecule is Cc1cc2nc(C)c(=O)n(CC(=O)NCCCN3CCN(c4ccc(F)cc4)CC3)c2cc1C. The Labute approximate surface area is 199 Å².